The highest BCUT2D eigenvalue weighted by Gasteiger charge is 2.35. The van der Waals surface area contributed by atoms with Crippen molar-refractivity contribution < 1.29 is 5.11 Å². The van der Waals surface area contributed by atoms with Crippen LogP contribution in [0.4, 0.5) is 0 Å². The summed E-state index contributed by atoms with van der Waals surface area (Å²) < 4.78 is 0. The normalized spacial score (nSPS) is 33.0. The van der Waals surface area contributed by atoms with Crippen LogP contribution in [0, 0.1) is 5.92 Å². The fourth-order valence-corrected chi connectivity index (χ4v) is 3.20. The first-order valence-corrected chi connectivity index (χ1v) is 6.53. The topological polar surface area (TPSA) is 23.5 Å². The van der Waals surface area contributed by atoms with E-state index in [-0.39, 0.29) is 0 Å². The molecule has 88 valence electrons. The molecular formula is C13H25NO. The van der Waals surface area contributed by atoms with E-state index in [1.165, 1.54) is 38.6 Å². The maximum atomic E-state index is 9.75. The number of hydrogen-bond donors (Lipinski definition) is 1. The SMILES string of the molecule is CC(C)(O)CCN1CCC2CCCCC21. The third-order valence-electron chi connectivity index (χ3n) is 4.14. The van der Waals surface area contributed by atoms with E-state index in [0.717, 1.165) is 24.9 Å². The van der Waals surface area contributed by atoms with Crippen LogP contribution >= 0.6 is 0 Å². The Hall–Kier alpha value is -0.0800. The maximum absolute atomic E-state index is 9.75. The van der Waals surface area contributed by atoms with Gasteiger partial charge in [0.1, 0.15) is 0 Å². The lowest BCUT2D eigenvalue weighted by Crippen LogP contribution is -2.37. The number of aliphatic hydroxyl groups is 1. The van der Waals surface area contributed by atoms with E-state index in [1.807, 2.05) is 13.8 Å². The van der Waals surface area contributed by atoms with Crippen molar-refractivity contribution in [1.29, 1.82) is 0 Å². The molecule has 1 aliphatic carbocycles. The molecule has 1 saturated carbocycles. The van der Waals surface area contributed by atoms with Crippen LogP contribution < -0.4 is 0 Å². The van der Waals surface area contributed by atoms with Crippen molar-refractivity contribution in [2.75, 3.05) is 13.1 Å². The third-order valence-corrected chi connectivity index (χ3v) is 4.14. The summed E-state index contributed by atoms with van der Waals surface area (Å²) in [6, 6.07) is 0.848. The summed E-state index contributed by atoms with van der Waals surface area (Å²) in [4.78, 5) is 2.63. The molecule has 1 aliphatic heterocycles. The first-order chi connectivity index (χ1) is 7.06. The average molecular weight is 211 g/mol. The van der Waals surface area contributed by atoms with Crippen LogP contribution in [0.15, 0.2) is 0 Å². The minimum absolute atomic E-state index is 0.493. The summed E-state index contributed by atoms with van der Waals surface area (Å²) in [5.41, 5.74) is -0.493. The number of nitrogens with zero attached hydrogens (tertiary/aromatic N) is 1. The lowest BCUT2D eigenvalue weighted by molar-refractivity contribution is 0.0520. The van der Waals surface area contributed by atoms with E-state index in [4.69, 9.17) is 0 Å². The molecule has 1 heterocycles. The first-order valence-electron chi connectivity index (χ1n) is 6.53. The highest BCUT2D eigenvalue weighted by molar-refractivity contribution is 4.90. The van der Waals surface area contributed by atoms with Crippen molar-refractivity contribution in [3.8, 4) is 0 Å². The molecule has 0 amide bonds. The van der Waals surface area contributed by atoms with Gasteiger partial charge in [0.25, 0.3) is 0 Å². The second kappa shape index (κ2) is 4.42. The zero-order valence-electron chi connectivity index (χ0n) is 10.2. The van der Waals surface area contributed by atoms with Crippen LogP contribution in [0.25, 0.3) is 0 Å². The Bertz CT molecular complexity index is 209. The number of rotatable bonds is 3. The van der Waals surface area contributed by atoms with E-state index in [0.29, 0.717) is 0 Å². The lowest BCUT2D eigenvalue weighted by Gasteiger charge is -2.33. The molecule has 2 unspecified atom stereocenters. The molecule has 2 atom stereocenters. The fourth-order valence-electron chi connectivity index (χ4n) is 3.20. The first kappa shape index (κ1) is 11.4. The van der Waals surface area contributed by atoms with Gasteiger partial charge < -0.3 is 5.11 Å². The molecule has 0 aromatic carbocycles. The summed E-state index contributed by atoms with van der Waals surface area (Å²) >= 11 is 0. The van der Waals surface area contributed by atoms with Gasteiger partial charge in [0.15, 0.2) is 0 Å². The van der Waals surface area contributed by atoms with Gasteiger partial charge in [-0.3, -0.25) is 4.90 Å². The highest BCUT2D eigenvalue weighted by atomic mass is 16.3. The zero-order chi connectivity index (χ0) is 10.9. The second-order valence-corrected chi connectivity index (χ2v) is 6.00. The van der Waals surface area contributed by atoms with E-state index in [2.05, 4.69) is 4.90 Å². The molecule has 2 rings (SSSR count). The Morgan fingerprint density at radius 3 is 2.67 bits per heavy atom. The van der Waals surface area contributed by atoms with Gasteiger partial charge >= 0.3 is 0 Å². The van der Waals surface area contributed by atoms with Gasteiger partial charge in [-0.2, -0.15) is 0 Å². The van der Waals surface area contributed by atoms with Crippen molar-refractivity contribution in [2.45, 2.75) is 64.0 Å². The molecule has 2 fully saturated rings. The minimum atomic E-state index is -0.493. The summed E-state index contributed by atoms with van der Waals surface area (Å²) in [5, 5.41) is 9.75. The van der Waals surface area contributed by atoms with E-state index in [9.17, 15) is 5.11 Å². The second-order valence-electron chi connectivity index (χ2n) is 6.00. The standard InChI is InChI=1S/C13H25NO/c1-13(2,15)8-10-14-9-7-11-5-3-4-6-12(11)14/h11-12,15H,3-10H2,1-2H3. The third kappa shape index (κ3) is 2.94. The molecular weight excluding hydrogens is 186 g/mol. The number of likely N-dealkylation sites (tertiary alicyclic amines) is 1. The molecule has 0 spiro atoms. The van der Waals surface area contributed by atoms with E-state index >= 15 is 0 Å². The zero-order valence-corrected chi connectivity index (χ0v) is 10.2. The molecule has 0 aromatic rings. The highest BCUT2D eigenvalue weighted by Crippen LogP contribution is 2.36. The Morgan fingerprint density at radius 2 is 1.93 bits per heavy atom. The van der Waals surface area contributed by atoms with Crippen molar-refractivity contribution in [1.82, 2.24) is 4.90 Å². The van der Waals surface area contributed by atoms with Crippen LogP contribution in [0.2, 0.25) is 0 Å². The molecule has 0 bridgehead atoms. The van der Waals surface area contributed by atoms with E-state index in [1.54, 1.807) is 0 Å². The predicted octanol–water partition coefficient (Wildman–Crippen LogP) is 2.41. The van der Waals surface area contributed by atoms with Gasteiger partial charge in [0.05, 0.1) is 5.60 Å². The number of hydrogen-bond acceptors (Lipinski definition) is 2. The molecule has 2 nitrogen and oxygen atoms in total. The summed E-state index contributed by atoms with van der Waals surface area (Å²) in [6.07, 6.45) is 8.02. The van der Waals surface area contributed by atoms with Crippen LogP contribution in [0.1, 0.15) is 52.4 Å². The quantitative estimate of drug-likeness (QED) is 0.775. The van der Waals surface area contributed by atoms with Crippen molar-refractivity contribution in [3.63, 3.8) is 0 Å². The molecule has 2 aliphatic rings. The van der Waals surface area contributed by atoms with Crippen LogP contribution in [-0.4, -0.2) is 34.7 Å². The minimum Gasteiger partial charge on any atom is -0.390 e. The largest absolute Gasteiger partial charge is 0.390 e. The monoisotopic (exact) mass is 211 g/mol. The van der Waals surface area contributed by atoms with Crippen LogP contribution in [-0.2, 0) is 0 Å². The molecule has 15 heavy (non-hydrogen) atoms. The van der Waals surface area contributed by atoms with Gasteiger partial charge in [-0.15, -0.1) is 0 Å². The van der Waals surface area contributed by atoms with Crippen molar-refractivity contribution in [2.24, 2.45) is 5.92 Å². The summed E-state index contributed by atoms with van der Waals surface area (Å²) in [6.45, 7) is 6.19. The Kier molecular flexibility index (Phi) is 3.36. The Morgan fingerprint density at radius 1 is 1.20 bits per heavy atom. The van der Waals surface area contributed by atoms with Crippen molar-refractivity contribution in [3.05, 3.63) is 0 Å². The molecule has 2 heteroatoms. The fraction of sp³-hybridized carbons (Fsp3) is 1.00. The summed E-state index contributed by atoms with van der Waals surface area (Å²) in [5.74, 6) is 0.973. The molecule has 1 N–H and O–H groups in total. The maximum Gasteiger partial charge on any atom is 0.0603 e. The van der Waals surface area contributed by atoms with Crippen LogP contribution in [0.3, 0.4) is 0 Å². The van der Waals surface area contributed by atoms with Gasteiger partial charge in [0.2, 0.25) is 0 Å². The van der Waals surface area contributed by atoms with Gasteiger partial charge in [-0.05, 0) is 52.0 Å². The molecule has 0 radical (unpaired) electrons. The van der Waals surface area contributed by atoms with Gasteiger partial charge in [-0.25, -0.2) is 0 Å². The smallest absolute Gasteiger partial charge is 0.0603 e. The van der Waals surface area contributed by atoms with Crippen molar-refractivity contribution >= 4 is 0 Å². The van der Waals surface area contributed by atoms with E-state index < -0.39 is 5.60 Å². The molecule has 0 aromatic heterocycles. The number of fused-ring (bicyclic) bond motifs is 1. The molecule has 1 saturated heterocycles. The van der Waals surface area contributed by atoms with Gasteiger partial charge in [0, 0.05) is 12.6 Å². The lowest BCUT2D eigenvalue weighted by atomic mass is 9.85. The summed E-state index contributed by atoms with van der Waals surface area (Å²) in [7, 11) is 0. The van der Waals surface area contributed by atoms with Crippen LogP contribution in [0.5, 0.6) is 0 Å². The Labute approximate surface area is 93.7 Å². The Balaban J connectivity index is 1.83. The predicted molar refractivity (Wildman–Crippen MR) is 62.9 cm³/mol. The average Bonchev–Trinajstić information content (AvgIpc) is 2.57. The van der Waals surface area contributed by atoms with Gasteiger partial charge in [-0.1, -0.05) is 12.8 Å².